The van der Waals surface area contributed by atoms with Gasteiger partial charge in [-0.15, -0.1) is 0 Å². The van der Waals surface area contributed by atoms with Gasteiger partial charge in [-0.05, 0) is 0 Å². The predicted molar refractivity (Wildman–Crippen MR) is 28.4 cm³/mol. The fraction of sp³-hybridized carbons (Fsp3) is 0.200. The molecule has 4 nitrogen and oxygen atoms in total. The van der Waals surface area contributed by atoms with Crippen molar-refractivity contribution >= 4 is 14.2 Å². The molecule has 52 valence electrons. The third kappa shape index (κ3) is 9.90. The third-order valence-corrected chi connectivity index (χ3v) is 1.03. The summed E-state index contributed by atoms with van der Waals surface area (Å²) >= 11 is -2.47. The zero-order chi connectivity index (χ0) is 8.41. The second-order valence-electron chi connectivity index (χ2n) is 0.780. The van der Waals surface area contributed by atoms with Crippen molar-refractivity contribution < 1.29 is 27.2 Å². The maximum atomic E-state index is 9.37. The number of nitrogens with zero attached hydrogens (tertiary/aromatic N) is 1. The summed E-state index contributed by atoms with van der Waals surface area (Å²) in [6.07, 6.45) is 0. The molecule has 0 aromatic rings. The van der Waals surface area contributed by atoms with E-state index in [1.54, 1.807) is 6.07 Å². The van der Waals surface area contributed by atoms with Crippen molar-refractivity contribution in [1.29, 1.82) is 5.26 Å². The molecule has 5 heteroatoms. The van der Waals surface area contributed by atoms with Crippen molar-refractivity contribution in [3.8, 4) is 6.07 Å². The first kappa shape index (κ1) is 11.5. The molecule has 0 bridgehead atoms. The van der Waals surface area contributed by atoms with Gasteiger partial charge in [0.25, 0.3) is 0 Å². The number of hydrogen-bond acceptors (Lipinski definition) is 4. The molecule has 0 saturated heterocycles. The van der Waals surface area contributed by atoms with Crippen LogP contribution in [-0.2, 0) is 27.2 Å². The molecule has 0 aliphatic heterocycles. The number of nitriles is 1. The summed E-state index contributed by atoms with van der Waals surface area (Å²) in [7, 11) is 0. The summed E-state index contributed by atoms with van der Waals surface area (Å²) in [5.74, 6) is 0. The second kappa shape index (κ2) is 10.7. The Morgan fingerprint density at radius 2 is 1.30 bits per heavy atom. The second-order valence-corrected chi connectivity index (χ2v) is 2.52. The van der Waals surface area contributed by atoms with E-state index in [4.69, 9.17) is 5.26 Å². The zero-order valence-electron chi connectivity index (χ0n) is 5.08. The summed E-state index contributed by atoms with van der Waals surface area (Å²) in [4.78, 5) is 28.1. The molecule has 0 unspecified atom stereocenters. The van der Waals surface area contributed by atoms with E-state index in [0.717, 1.165) is 0 Å². The van der Waals surface area contributed by atoms with Gasteiger partial charge in [-0.1, -0.05) is 0 Å². The van der Waals surface area contributed by atoms with Gasteiger partial charge in [0.15, 0.2) is 0 Å². The summed E-state index contributed by atoms with van der Waals surface area (Å²) in [5.41, 5.74) is 0. The van der Waals surface area contributed by atoms with Crippen LogP contribution in [0.3, 0.4) is 0 Å². The molecule has 0 atom stereocenters. The molecule has 0 saturated carbocycles. The van der Waals surface area contributed by atoms with Gasteiger partial charge in [-0.3, -0.25) is 0 Å². The van der Waals surface area contributed by atoms with Crippen molar-refractivity contribution in [3.63, 3.8) is 0 Å². The van der Waals surface area contributed by atoms with E-state index in [1.807, 2.05) is 0 Å². The first-order chi connectivity index (χ1) is 4.76. The van der Waals surface area contributed by atoms with Gasteiger partial charge >= 0.3 is 41.5 Å². The van der Waals surface area contributed by atoms with Gasteiger partial charge < -0.3 is 0 Å². The molecule has 0 aliphatic carbocycles. The van der Waals surface area contributed by atoms with E-state index in [2.05, 4.69) is 0 Å². The minimum atomic E-state index is -2.47. The molecule has 0 rings (SSSR count). The molecule has 0 amide bonds. The van der Waals surface area contributed by atoms with Crippen LogP contribution in [0.1, 0.15) is 6.92 Å². The summed E-state index contributed by atoms with van der Waals surface area (Å²) in [6, 6.07) is 1.75. The molecule has 0 fully saturated rings. The van der Waals surface area contributed by atoms with Crippen molar-refractivity contribution in [2.75, 3.05) is 0 Å². The van der Waals surface area contributed by atoms with E-state index >= 15 is 0 Å². The van der Waals surface area contributed by atoms with Crippen LogP contribution in [0.4, 0.5) is 0 Å². The maximum absolute atomic E-state index is 9.37. The molecule has 0 aliphatic rings. The normalized spacial score (nSPS) is 4.40. The van der Waals surface area contributed by atoms with E-state index in [-0.39, 0.29) is 0 Å². The summed E-state index contributed by atoms with van der Waals surface area (Å²) in [5, 5.41) is 7.32. The summed E-state index contributed by atoms with van der Waals surface area (Å²) < 4.78 is 3.69. The first-order valence-corrected chi connectivity index (χ1v) is 3.86. The molecule has 0 radical (unpaired) electrons. The van der Waals surface area contributed by atoms with Gasteiger partial charge in [0, 0.05) is 6.92 Å². The Bertz CT molecular complexity index is 284. The molecular formula is C5H3CrNO3. The number of carbonyl (C=O) groups excluding carboxylic acids is 3. The van der Waals surface area contributed by atoms with Gasteiger partial charge in [0.05, 0.1) is 6.07 Å². The third-order valence-electron chi connectivity index (χ3n) is 0.250. The van der Waals surface area contributed by atoms with Crippen LogP contribution in [0.25, 0.3) is 0 Å². The quantitative estimate of drug-likeness (QED) is 0.492. The fourth-order valence-electron chi connectivity index (χ4n) is 0.0510. The van der Waals surface area contributed by atoms with E-state index in [0.29, 0.717) is 0 Å². The van der Waals surface area contributed by atoms with Gasteiger partial charge in [0.1, 0.15) is 0 Å². The van der Waals surface area contributed by atoms with Crippen molar-refractivity contribution in [2.45, 2.75) is 6.92 Å². The van der Waals surface area contributed by atoms with Crippen LogP contribution in [-0.4, -0.2) is 14.2 Å². The van der Waals surface area contributed by atoms with Gasteiger partial charge in [0.2, 0.25) is 0 Å². The molecule has 10 heavy (non-hydrogen) atoms. The average molecular weight is 177 g/mol. The predicted octanol–water partition coefficient (Wildman–Crippen LogP) is -0.664. The van der Waals surface area contributed by atoms with Crippen molar-refractivity contribution in [2.24, 2.45) is 0 Å². The van der Waals surface area contributed by atoms with Gasteiger partial charge in [-0.2, -0.15) is 5.26 Å². The van der Waals surface area contributed by atoms with Crippen LogP contribution in [0, 0.1) is 11.3 Å². The molecule has 0 aromatic heterocycles. The Morgan fingerprint density at radius 1 is 1.10 bits per heavy atom. The van der Waals surface area contributed by atoms with E-state index < -0.39 is 12.8 Å². The number of rotatable bonds is 0. The van der Waals surface area contributed by atoms with Crippen molar-refractivity contribution in [3.05, 3.63) is 0 Å². The molecule has 0 N–H and O–H groups in total. The van der Waals surface area contributed by atoms with Crippen LogP contribution >= 0.6 is 0 Å². The average Bonchev–Trinajstić information content (AvgIpc) is 1.93. The molecule has 0 spiro atoms. The minimum absolute atomic E-state index is 1.23. The van der Waals surface area contributed by atoms with Crippen LogP contribution in [0.5, 0.6) is 0 Å². The van der Waals surface area contributed by atoms with E-state index in [1.165, 1.54) is 21.2 Å². The van der Waals surface area contributed by atoms with Crippen LogP contribution in [0.2, 0.25) is 0 Å². The molecule has 0 heterocycles. The summed E-state index contributed by atoms with van der Waals surface area (Å²) in [6.45, 7) is 1.43. The Labute approximate surface area is 60.3 Å². The first-order valence-electron chi connectivity index (χ1n) is 1.95. The Kier molecular flexibility index (Phi) is 12.3. The van der Waals surface area contributed by atoms with Crippen molar-refractivity contribution in [1.82, 2.24) is 0 Å². The monoisotopic (exact) mass is 177 g/mol. The van der Waals surface area contributed by atoms with Crippen LogP contribution in [0.15, 0.2) is 0 Å². The standard InChI is InChI=1S/C2H3N.3CO.Cr/c1-2-3;3*1-2;/h1H3;;;;. The van der Waals surface area contributed by atoms with Crippen LogP contribution < -0.4 is 0 Å². The SMILES string of the molecule is CC#N.O=[C]=[Cr](=[C]=O)=[C]=O. The Morgan fingerprint density at radius 3 is 1.30 bits per heavy atom. The van der Waals surface area contributed by atoms with E-state index in [9.17, 15) is 14.4 Å². The van der Waals surface area contributed by atoms with Gasteiger partial charge in [-0.25, -0.2) is 0 Å². The Balaban J connectivity index is 0. The topological polar surface area (TPSA) is 75.0 Å². The molecular weight excluding hydrogens is 174 g/mol. The Hall–Kier alpha value is -1.24. The zero-order valence-corrected chi connectivity index (χ0v) is 6.36. The fourth-order valence-corrected chi connectivity index (χ4v) is 0.210. The molecule has 0 aromatic carbocycles. The number of hydrogen-bond donors (Lipinski definition) is 0.